The Morgan fingerprint density at radius 2 is 2.43 bits per heavy atom. The number of aromatic amines is 1. The summed E-state index contributed by atoms with van der Waals surface area (Å²) in [6.07, 6.45) is 4.30. The van der Waals surface area contributed by atoms with E-state index in [1.54, 1.807) is 6.21 Å². The van der Waals surface area contributed by atoms with Gasteiger partial charge in [0.25, 0.3) is 5.95 Å². The van der Waals surface area contributed by atoms with Crippen molar-refractivity contribution in [1.82, 2.24) is 15.2 Å². The molecule has 0 aliphatic rings. The van der Waals surface area contributed by atoms with E-state index in [2.05, 4.69) is 41.6 Å². The van der Waals surface area contributed by atoms with Gasteiger partial charge in [-0.15, -0.1) is 5.10 Å². The lowest BCUT2D eigenvalue weighted by molar-refractivity contribution is 0.286. The van der Waals surface area contributed by atoms with Crippen LogP contribution in [0.2, 0.25) is 0 Å². The highest BCUT2D eigenvalue weighted by Crippen LogP contribution is 2.03. The SMILES string of the molecule is OCCCCC=NNc1n[nH]c(Br)n1. The van der Waals surface area contributed by atoms with Gasteiger partial charge in [0, 0.05) is 12.8 Å². The van der Waals surface area contributed by atoms with Crippen LogP contribution < -0.4 is 5.43 Å². The second kappa shape index (κ2) is 6.50. The summed E-state index contributed by atoms with van der Waals surface area (Å²) in [6.45, 7) is 0.231. The van der Waals surface area contributed by atoms with Crippen molar-refractivity contribution in [2.24, 2.45) is 5.10 Å². The van der Waals surface area contributed by atoms with Crippen molar-refractivity contribution in [2.75, 3.05) is 12.0 Å². The molecule has 0 bridgehead atoms. The molecular formula is C7H12BrN5O. The lowest BCUT2D eigenvalue weighted by atomic mass is 10.3. The normalized spacial score (nSPS) is 11.0. The Labute approximate surface area is 90.0 Å². The second-order valence-electron chi connectivity index (χ2n) is 2.59. The van der Waals surface area contributed by atoms with Gasteiger partial charge in [0.2, 0.25) is 0 Å². The molecule has 0 saturated carbocycles. The number of unbranched alkanes of at least 4 members (excludes halogenated alkanes) is 2. The van der Waals surface area contributed by atoms with E-state index in [0.29, 0.717) is 10.7 Å². The number of aliphatic hydroxyl groups excluding tert-OH is 1. The van der Waals surface area contributed by atoms with Crippen molar-refractivity contribution in [3.8, 4) is 0 Å². The highest BCUT2D eigenvalue weighted by atomic mass is 79.9. The third-order valence-corrected chi connectivity index (χ3v) is 1.81. The smallest absolute Gasteiger partial charge is 0.263 e. The van der Waals surface area contributed by atoms with Crippen LogP contribution in [0.15, 0.2) is 9.84 Å². The zero-order chi connectivity index (χ0) is 10.2. The molecule has 0 fully saturated rings. The molecule has 0 aliphatic heterocycles. The predicted octanol–water partition coefficient (Wildman–Crippen LogP) is 1.13. The Morgan fingerprint density at radius 3 is 3.07 bits per heavy atom. The molecule has 0 spiro atoms. The van der Waals surface area contributed by atoms with Crippen molar-refractivity contribution in [1.29, 1.82) is 0 Å². The van der Waals surface area contributed by atoms with Gasteiger partial charge in [-0.05, 0) is 35.2 Å². The van der Waals surface area contributed by atoms with Crippen molar-refractivity contribution in [2.45, 2.75) is 19.3 Å². The van der Waals surface area contributed by atoms with Crippen molar-refractivity contribution >= 4 is 28.1 Å². The van der Waals surface area contributed by atoms with E-state index in [1.165, 1.54) is 0 Å². The molecule has 1 rings (SSSR count). The van der Waals surface area contributed by atoms with Crippen molar-refractivity contribution < 1.29 is 5.11 Å². The molecule has 0 aliphatic carbocycles. The molecular weight excluding hydrogens is 250 g/mol. The van der Waals surface area contributed by atoms with Crippen LogP contribution in [0.25, 0.3) is 0 Å². The minimum atomic E-state index is 0.231. The molecule has 0 unspecified atom stereocenters. The Morgan fingerprint density at radius 1 is 1.57 bits per heavy atom. The van der Waals surface area contributed by atoms with Gasteiger partial charge in [-0.3, -0.25) is 5.10 Å². The summed E-state index contributed by atoms with van der Waals surface area (Å²) < 4.78 is 0.565. The van der Waals surface area contributed by atoms with E-state index >= 15 is 0 Å². The van der Waals surface area contributed by atoms with E-state index in [-0.39, 0.29) is 6.61 Å². The minimum absolute atomic E-state index is 0.231. The van der Waals surface area contributed by atoms with E-state index < -0.39 is 0 Å². The van der Waals surface area contributed by atoms with Gasteiger partial charge >= 0.3 is 0 Å². The van der Waals surface area contributed by atoms with Crippen LogP contribution >= 0.6 is 15.9 Å². The second-order valence-corrected chi connectivity index (χ2v) is 3.34. The molecule has 1 aromatic heterocycles. The topological polar surface area (TPSA) is 86.2 Å². The Kier molecular flexibility index (Phi) is 5.16. The maximum absolute atomic E-state index is 8.51. The summed E-state index contributed by atoms with van der Waals surface area (Å²) in [4.78, 5) is 3.93. The lowest BCUT2D eigenvalue weighted by Gasteiger charge is -1.92. The average molecular weight is 262 g/mol. The third-order valence-electron chi connectivity index (χ3n) is 1.46. The number of aromatic nitrogens is 3. The standard InChI is InChI=1S/C7H12BrN5O/c8-6-10-7(13-11-6)12-9-4-2-1-3-5-14/h4,14H,1-3,5H2,(H2,10,11,12,13). The van der Waals surface area contributed by atoms with Crippen LogP contribution in [0.4, 0.5) is 5.95 Å². The Hall–Kier alpha value is -0.950. The van der Waals surface area contributed by atoms with Crippen LogP contribution in [-0.2, 0) is 0 Å². The summed E-state index contributed by atoms with van der Waals surface area (Å²) in [5.41, 5.74) is 2.67. The number of halogens is 1. The fourth-order valence-electron chi connectivity index (χ4n) is 0.807. The molecule has 3 N–H and O–H groups in total. The first kappa shape index (κ1) is 11.1. The van der Waals surface area contributed by atoms with Crippen LogP contribution in [0, 0.1) is 0 Å². The van der Waals surface area contributed by atoms with Crippen LogP contribution in [0.5, 0.6) is 0 Å². The number of rotatable bonds is 6. The molecule has 0 amide bonds. The van der Waals surface area contributed by atoms with Crippen LogP contribution in [-0.4, -0.2) is 33.1 Å². The van der Waals surface area contributed by atoms with Crippen molar-refractivity contribution in [3.63, 3.8) is 0 Å². The summed E-state index contributed by atoms with van der Waals surface area (Å²) in [6, 6.07) is 0. The lowest BCUT2D eigenvalue weighted by Crippen LogP contribution is -1.92. The zero-order valence-electron chi connectivity index (χ0n) is 7.57. The largest absolute Gasteiger partial charge is 0.396 e. The number of nitrogens with one attached hydrogen (secondary N) is 2. The molecule has 0 radical (unpaired) electrons. The van der Waals surface area contributed by atoms with Gasteiger partial charge in [0.1, 0.15) is 0 Å². The van der Waals surface area contributed by atoms with E-state index in [9.17, 15) is 0 Å². The summed E-state index contributed by atoms with van der Waals surface area (Å²) in [5, 5.41) is 18.8. The average Bonchev–Trinajstić information content (AvgIpc) is 2.58. The molecule has 0 saturated heterocycles. The van der Waals surface area contributed by atoms with E-state index in [1.807, 2.05) is 0 Å². The van der Waals surface area contributed by atoms with Gasteiger partial charge in [-0.25, -0.2) is 5.43 Å². The van der Waals surface area contributed by atoms with E-state index in [0.717, 1.165) is 19.3 Å². The third kappa shape index (κ3) is 4.33. The molecule has 7 heteroatoms. The molecule has 78 valence electrons. The molecule has 14 heavy (non-hydrogen) atoms. The van der Waals surface area contributed by atoms with Gasteiger partial charge in [-0.1, -0.05) is 0 Å². The molecule has 6 nitrogen and oxygen atoms in total. The summed E-state index contributed by atoms with van der Waals surface area (Å²) in [5.74, 6) is 0.426. The molecule has 0 atom stereocenters. The summed E-state index contributed by atoms with van der Waals surface area (Å²) >= 11 is 3.13. The van der Waals surface area contributed by atoms with Gasteiger partial charge in [-0.2, -0.15) is 10.1 Å². The predicted molar refractivity (Wildman–Crippen MR) is 57.1 cm³/mol. The number of hydrogen-bond acceptors (Lipinski definition) is 5. The number of anilines is 1. The molecule has 1 aromatic rings. The Balaban J connectivity index is 2.14. The first-order valence-corrected chi connectivity index (χ1v) is 5.08. The highest BCUT2D eigenvalue weighted by Gasteiger charge is 1.95. The molecule has 0 aromatic carbocycles. The Bertz CT molecular complexity index is 287. The number of aliphatic hydroxyl groups is 1. The van der Waals surface area contributed by atoms with Gasteiger partial charge in [0.15, 0.2) is 4.73 Å². The quantitative estimate of drug-likeness (QED) is 0.407. The first-order valence-electron chi connectivity index (χ1n) is 4.29. The fraction of sp³-hybridized carbons (Fsp3) is 0.571. The summed E-state index contributed by atoms with van der Waals surface area (Å²) in [7, 11) is 0. The number of hydrazone groups is 1. The van der Waals surface area contributed by atoms with Gasteiger partial charge < -0.3 is 5.11 Å². The van der Waals surface area contributed by atoms with Crippen LogP contribution in [0.3, 0.4) is 0 Å². The minimum Gasteiger partial charge on any atom is -0.396 e. The number of H-pyrrole nitrogens is 1. The maximum Gasteiger partial charge on any atom is 0.263 e. The van der Waals surface area contributed by atoms with Gasteiger partial charge in [0.05, 0.1) is 0 Å². The number of nitrogens with zero attached hydrogens (tertiary/aromatic N) is 3. The maximum atomic E-state index is 8.51. The first-order chi connectivity index (χ1) is 6.83. The zero-order valence-corrected chi connectivity index (χ0v) is 9.16. The van der Waals surface area contributed by atoms with E-state index in [4.69, 9.17) is 5.11 Å². The fourth-order valence-corrected chi connectivity index (χ4v) is 1.06. The molecule has 1 heterocycles. The highest BCUT2D eigenvalue weighted by molar-refractivity contribution is 9.10. The monoisotopic (exact) mass is 261 g/mol. The van der Waals surface area contributed by atoms with Crippen LogP contribution in [0.1, 0.15) is 19.3 Å². The van der Waals surface area contributed by atoms with Crippen molar-refractivity contribution in [3.05, 3.63) is 4.73 Å². The number of hydrogen-bond donors (Lipinski definition) is 3.